The van der Waals surface area contributed by atoms with Gasteiger partial charge in [0.15, 0.2) is 10.5 Å². The van der Waals surface area contributed by atoms with Crippen molar-refractivity contribution in [2.24, 2.45) is 0 Å². The van der Waals surface area contributed by atoms with Crippen molar-refractivity contribution in [2.75, 3.05) is 20.1 Å². The summed E-state index contributed by atoms with van der Waals surface area (Å²) >= 11 is 0. The quantitative estimate of drug-likeness (QED) is 0.319. The van der Waals surface area contributed by atoms with Crippen LogP contribution in [0.25, 0.3) is 0 Å². The number of hydrogen-bond acceptors (Lipinski definition) is 4. The summed E-state index contributed by atoms with van der Waals surface area (Å²) in [5, 5.41) is -2.96. The smallest absolute Gasteiger partial charge is 0.321 e. The van der Waals surface area contributed by atoms with Crippen molar-refractivity contribution in [1.29, 1.82) is 0 Å². The molecule has 108 valence electrons. The molecule has 0 amide bonds. The van der Waals surface area contributed by atoms with Crippen molar-refractivity contribution < 1.29 is 60.0 Å². The van der Waals surface area contributed by atoms with Gasteiger partial charge in [0.1, 0.15) is 6.04 Å². The van der Waals surface area contributed by atoms with E-state index in [0.29, 0.717) is 6.54 Å². The van der Waals surface area contributed by atoms with Gasteiger partial charge in [0, 0.05) is 0 Å². The molecule has 1 saturated heterocycles. The van der Waals surface area contributed by atoms with Gasteiger partial charge in [-0.25, -0.2) is 0 Å². The first-order valence-corrected chi connectivity index (χ1v) is 8.71. The van der Waals surface area contributed by atoms with Crippen LogP contribution >= 0.6 is 0 Å². The van der Waals surface area contributed by atoms with Gasteiger partial charge in [-0.3, -0.25) is 9.11 Å². The van der Waals surface area contributed by atoms with Crippen LogP contribution in [0.1, 0.15) is 20.3 Å². The van der Waals surface area contributed by atoms with Crippen molar-refractivity contribution in [3.8, 4) is 0 Å². The molecule has 0 aromatic carbocycles. The summed E-state index contributed by atoms with van der Waals surface area (Å²) in [5.74, 6) is 0. The van der Waals surface area contributed by atoms with Gasteiger partial charge in [-0.2, -0.15) is 16.8 Å². The molecule has 4 atom stereocenters. The molecule has 19 heavy (non-hydrogen) atoms. The second-order valence-electron chi connectivity index (χ2n) is 5.16. The van der Waals surface area contributed by atoms with E-state index >= 15 is 0 Å². The minimum atomic E-state index is -4.53. The number of rotatable bonds is 4. The van der Waals surface area contributed by atoms with Crippen LogP contribution in [0.2, 0.25) is 0 Å². The van der Waals surface area contributed by atoms with Gasteiger partial charge in [-0.05, 0) is 13.3 Å². The largest absolute Gasteiger partial charge is 1.00 e. The van der Waals surface area contributed by atoms with Gasteiger partial charge in [0.05, 0.1) is 20.1 Å². The Morgan fingerprint density at radius 3 is 1.89 bits per heavy atom. The van der Waals surface area contributed by atoms with Crippen molar-refractivity contribution >= 4 is 20.2 Å². The average molecular weight is 325 g/mol. The van der Waals surface area contributed by atoms with Crippen LogP contribution < -0.4 is 29.6 Å². The summed E-state index contributed by atoms with van der Waals surface area (Å²) in [5.41, 5.74) is 0. The zero-order valence-electron chi connectivity index (χ0n) is 11.6. The fourth-order valence-electron chi connectivity index (χ4n) is 2.86. The molecule has 1 rings (SSSR count). The third kappa shape index (κ3) is 4.13. The summed E-state index contributed by atoms with van der Waals surface area (Å²) in [7, 11) is -7.31. The summed E-state index contributed by atoms with van der Waals surface area (Å²) in [4.78, 5) is 0. The molecule has 1 fully saturated rings. The van der Waals surface area contributed by atoms with Crippen molar-refractivity contribution in [2.45, 2.75) is 36.8 Å². The molecule has 0 aromatic heterocycles. The Morgan fingerprint density at radius 1 is 1.16 bits per heavy atom. The van der Waals surface area contributed by atoms with E-state index in [-0.39, 0.29) is 40.6 Å². The van der Waals surface area contributed by atoms with E-state index in [9.17, 15) is 21.4 Å². The first-order valence-electron chi connectivity index (χ1n) is 5.70. The maximum atomic E-state index is 11.4. The van der Waals surface area contributed by atoms with Crippen LogP contribution in [0.15, 0.2) is 0 Å². The van der Waals surface area contributed by atoms with E-state index in [1.54, 1.807) is 14.0 Å². The molecular weight excluding hydrogens is 305 g/mol. The number of nitrogens with zero attached hydrogens (tertiary/aromatic N) is 1. The molecule has 4 unspecified atom stereocenters. The van der Waals surface area contributed by atoms with Crippen LogP contribution in [-0.4, -0.2) is 67.1 Å². The Bertz CT molecular complexity index is 519. The normalized spacial score (nSPS) is 35.9. The van der Waals surface area contributed by atoms with Gasteiger partial charge in [-0.1, -0.05) is 6.92 Å². The van der Waals surface area contributed by atoms with Crippen LogP contribution in [-0.2, 0) is 20.2 Å². The molecule has 0 aliphatic carbocycles. The van der Waals surface area contributed by atoms with E-state index in [0.717, 1.165) is 6.42 Å². The van der Waals surface area contributed by atoms with Crippen molar-refractivity contribution in [3.63, 3.8) is 0 Å². The van der Waals surface area contributed by atoms with Crippen molar-refractivity contribution in [1.82, 2.24) is 0 Å². The Morgan fingerprint density at radius 2 is 1.63 bits per heavy atom. The SMILES string of the molecule is CCC[N+]1(C)CC(S(=O)(=O)O)C(S(=O)(=O)O)C1C.[Na+]. The molecule has 0 radical (unpaired) electrons. The monoisotopic (exact) mass is 325 g/mol. The first-order chi connectivity index (χ1) is 7.93. The molecule has 1 aliphatic rings. The number of quaternary nitrogens is 1. The van der Waals surface area contributed by atoms with Gasteiger partial charge in [-0.15, -0.1) is 0 Å². The van der Waals surface area contributed by atoms with Gasteiger partial charge in [0.25, 0.3) is 20.2 Å². The maximum absolute atomic E-state index is 11.4. The fourth-order valence-corrected chi connectivity index (χ4v) is 6.06. The molecule has 1 aliphatic heterocycles. The predicted molar refractivity (Wildman–Crippen MR) is 66.3 cm³/mol. The fraction of sp³-hybridized carbons (Fsp3) is 1.00. The summed E-state index contributed by atoms with van der Waals surface area (Å²) in [6.45, 7) is 4.05. The maximum Gasteiger partial charge on any atom is 1.00 e. The molecule has 0 aromatic rings. The zero-order valence-corrected chi connectivity index (χ0v) is 15.3. The Labute approximate surface area is 136 Å². The summed E-state index contributed by atoms with van der Waals surface area (Å²) in [6.07, 6.45) is 0.747. The van der Waals surface area contributed by atoms with Crippen LogP contribution in [0.3, 0.4) is 0 Å². The topological polar surface area (TPSA) is 109 Å². The standard InChI is InChI=1S/C9H19NO6S2.Na/c1-4-5-10(3)6-8(17(11,12)13)9(7(10)2)18(14,15)16;/h7-9H,4-6H2,1-3H3,(H-,11,12,13,14,15,16);/q;+1/p+1. The minimum Gasteiger partial charge on any atom is -0.321 e. The average Bonchev–Trinajstić information content (AvgIpc) is 2.38. The summed E-state index contributed by atoms with van der Waals surface area (Å²) in [6, 6.07) is -0.591. The van der Waals surface area contributed by atoms with Gasteiger partial charge >= 0.3 is 29.6 Å². The molecule has 7 nitrogen and oxygen atoms in total. The van der Waals surface area contributed by atoms with E-state index in [4.69, 9.17) is 4.55 Å². The molecule has 0 bridgehead atoms. The molecule has 2 N–H and O–H groups in total. The van der Waals surface area contributed by atoms with Crippen molar-refractivity contribution in [3.05, 3.63) is 0 Å². The first kappa shape index (κ1) is 19.8. The third-order valence-electron chi connectivity index (χ3n) is 3.88. The zero-order chi connectivity index (χ0) is 14.4. The van der Waals surface area contributed by atoms with Crippen LogP contribution in [0.4, 0.5) is 0 Å². The summed E-state index contributed by atoms with van der Waals surface area (Å²) < 4.78 is 63.9. The molecule has 0 spiro atoms. The van der Waals surface area contributed by atoms with E-state index in [1.807, 2.05) is 6.92 Å². The molecule has 1 heterocycles. The predicted octanol–water partition coefficient (Wildman–Crippen LogP) is -3.24. The molecule has 10 heteroatoms. The van der Waals surface area contributed by atoms with E-state index < -0.39 is 36.8 Å². The van der Waals surface area contributed by atoms with Gasteiger partial charge in [0.2, 0.25) is 0 Å². The minimum absolute atomic E-state index is 0. The second kappa shape index (κ2) is 6.27. The van der Waals surface area contributed by atoms with Crippen LogP contribution in [0.5, 0.6) is 0 Å². The molecule has 0 saturated carbocycles. The number of hydrogen-bond donors (Lipinski definition) is 2. The Balaban J connectivity index is 0.00000324. The molecular formula is C9H20NNaO6S2+2. The Kier molecular flexibility index (Phi) is 6.52. The second-order valence-corrected chi connectivity index (χ2v) is 8.37. The third-order valence-corrected chi connectivity index (χ3v) is 6.67. The van der Waals surface area contributed by atoms with E-state index in [1.165, 1.54) is 0 Å². The Hall–Kier alpha value is 0.780. The van der Waals surface area contributed by atoms with Crippen LogP contribution in [0, 0.1) is 0 Å². The van der Waals surface area contributed by atoms with Gasteiger partial charge < -0.3 is 4.48 Å². The number of likely N-dealkylation sites (tertiary alicyclic amines) is 1. The van der Waals surface area contributed by atoms with E-state index in [2.05, 4.69) is 0 Å².